The molecule has 202 valence electrons. The molecule has 0 amide bonds. The zero-order chi connectivity index (χ0) is 26.8. The van der Waals surface area contributed by atoms with E-state index in [1.54, 1.807) is 20.8 Å². The van der Waals surface area contributed by atoms with Crippen molar-refractivity contribution in [2.24, 2.45) is 22.7 Å². The summed E-state index contributed by atoms with van der Waals surface area (Å²) in [6.07, 6.45) is 0.464. The maximum absolute atomic E-state index is 17.4. The third kappa shape index (κ3) is 3.13. The molecular formula is C27H32F2O7S. The van der Waals surface area contributed by atoms with Gasteiger partial charge in [-0.25, -0.2) is 8.78 Å². The van der Waals surface area contributed by atoms with Gasteiger partial charge in [0.05, 0.1) is 12.2 Å². The number of carbonyl (C=O) groups excluding carboxylic acids is 3. The van der Waals surface area contributed by atoms with E-state index in [0.29, 0.717) is 6.42 Å². The second kappa shape index (κ2) is 7.73. The quantitative estimate of drug-likeness (QED) is 0.531. The Morgan fingerprint density at radius 1 is 1.16 bits per heavy atom. The highest BCUT2D eigenvalue weighted by molar-refractivity contribution is 8.14. The van der Waals surface area contributed by atoms with Crippen molar-refractivity contribution in [1.29, 1.82) is 0 Å². The molecule has 4 aliphatic carbocycles. The Kier molecular flexibility index (Phi) is 5.36. The first-order chi connectivity index (χ1) is 17.2. The van der Waals surface area contributed by atoms with Crippen molar-refractivity contribution in [3.05, 3.63) is 23.8 Å². The number of allylic oxidation sites excluding steroid dienone is 4. The van der Waals surface area contributed by atoms with Gasteiger partial charge in [0.2, 0.25) is 5.12 Å². The van der Waals surface area contributed by atoms with E-state index in [4.69, 9.17) is 14.2 Å². The molecule has 0 spiro atoms. The highest BCUT2D eigenvalue weighted by Crippen LogP contribution is 2.73. The summed E-state index contributed by atoms with van der Waals surface area (Å²) in [6.45, 7) is 6.77. The molecule has 1 unspecified atom stereocenters. The van der Waals surface area contributed by atoms with E-state index in [-0.39, 0.29) is 42.3 Å². The number of ether oxygens (including phenoxy) is 3. The Bertz CT molecular complexity index is 1150. The van der Waals surface area contributed by atoms with Gasteiger partial charge in [-0.1, -0.05) is 13.0 Å². The number of aliphatic hydroxyl groups excluding tert-OH is 1. The van der Waals surface area contributed by atoms with E-state index in [0.717, 1.165) is 17.8 Å². The molecule has 2 saturated heterocycles. The molecule has 0 bridgehead atoms. The lowest BCUT2D eigenvalue weighted by Crippen LogP contribution is -2.70. The molecule has 1 N–H and O–H groups in total. The maximum atomic E-state index is 17.4. The number of halogens is 2. The molecule has 6 aliphatic rings. The second-order valence-corrected chi connectivity index (χ2v) is 13.4. The molecule has 5 fully saturated rings. The van der Waals surface area contributed by atoms with Crippen molar-refractivity contribution >= 4 is 28.6 Å². The first kappa shape index (κ1) is 25.6. The number of carbonyl (C=O) groups is 3. The number of ketones is 1. The normalized spacial score (nSPS) is 51.6. The molecule has 3 saturated carbocycles. The number of alkyl halides is 2. The predicted molar refractivity (Wildman–Crippen MR) is 128 cm³/mol. The fourth-order valence-electron chi connectivity index (χ4n) is 8.44. The Morgan fingerprint density at radius 3 is 2.57 bits per heavy atom. The molecule has 0 aromatic heterocycles. The molecule has 2 aliphatic heterocycles. The van der Waals surface area contributed by atoms with Gasteiger partial charge in [-0.05, 0) is 75.4 Å². The fourth-order valence-corrected chi connectivity index (χ4v) is 9.65. The summed E-state index contributed by atoms with van der Waals surface area (Å²) in [5.41, 5.74) is -6.98. The maximum Gasteiger partial charge on any atom is 0.307 e. The fraction of sp³-hybridized carbons (Fsp3) is 0.741. The first-order valence-corrected chi connectivity index (χ1v) is 13.8. The summed E-state index contributed by atoms with van der Waals surface area (Å²) >= 11 is 0.884. The number of cyclic esters (lactones) is 1. The zero-order valence-electron chi connectivity index (χ0n) is 21.3. The molecular weight excluding hydrogens is 506 g/mol. The van der Waals surface area contributed by atoms with Crippen molar-refractivity contribution < 1.29 is 42.5 Å². The van der Waals surface area contributed by atoms with Crippen LogP contribution in [-0.2, 0) is 28.6 Å². The lowest BCUT2D eigenvalue weighted by atomic mass is 9.44. The third-order valence-corrected chi connectivity index (χ3v) is 11.1. The van der Waals surface area contributed by atoms with Crippen LogP contribution in [0.3, 0.4) is 0 Å². The molecule has 0 aromatic rings. The van der Waals surface area contributed by atoms with Crippen LogP contribution in [0, 0.1) is 22.7 Å². The number of hydrogen-bond donors (Lipinski definition) is 1. The molecule has 0 aromatic carbocycles. The highest BCUT2D eigenvalue weighted by Gasteiger charge is 2.81. The molecule has 7 nitrogen and oxygen atoms in total. The second-order valence-electron chi connectivity index (χ2n) is 12.3. The van der Waals surface area contributed by atoms with Gasteiger partial charge in [0, 0.05) is 29.6 Å². The summed E-state index contributed by atoms with van der Waals surface area (Å²) in [5.74, 6) is -3.38. The van der Waals surface area contributed by atoms with Gasteiger partial charge < -0.3 is 19.3 Å². The Labute approximate surface area is 218 Å². The van der Waals surface area contributed by atoms with Crippen LogP contribution in [0.25, 0.3) is 0 Å². The highest BCUT2D eigenvalue weighted by atomic mass is 32.2. The number of fused-ring (bicyclic) bond motifs is 7. The van der Waals surface area contributed by atoms with Gasteiger partial charge in [-0.2, -0.15) is 0 Å². The molecule has 0 radical (unpaired) electrons. The zero-order valence-corrected chi connectivity index (χ0v) is 22.1. The number of hydrogen-bond acceptors (Lipinski definition) is 8. The van der Waals surface area contributed by atoms with Gasteiger partial charge in [0.1, 0.15) is 6.17 Å². The Hall–Kier alpha value is -1.62. The van der Waals surface area contributed by atoms with Crippen molar-refractivity contribution in [2.45, 2.75) is 101 Å². The van der Waals surface area contributed by atoms with Crippen molar-refractivity contribution in [3.63, 3.8) is 0 Å². The standard InChI is InChI=1S/C27H32F2O7S/c1-23(2)35-19-11-14-15-10-17(28)16-9-13(30)7-8-24(16,3)26(15,29)18(31)12-25(14,4)27(19,36-23)22(33)37-21-6-5-20(32)34-21/h7-9,14-15,17-19,21,31H,5-6,10-12H2,1-4H3/t14-,15-,17-,18-,19+,21?,24-,25-,26-,27-/m0/s1. The van der Waals surface area contributed by atoms with E-state index in [1.807, 2.05) is 6.92 Å². The monoisotopic (exact) mass is 538 g/mol. The Balaban J connectivity index is 1.43. The average molecular weight is 539 g/mol. The van der Waals surface area contributed by atoms with Crippen molar-refractivity contribution in [1.82, 2.24) is 0 Å². The summed E-state index contributed by atoms with van der Waals surface area (Å²) < 4.78 is 51.0. The van der Waals surface area contributed by atoms with Gasteiger partial charge in [-0.3, -0.25) is 14.4 Å². The van der Waals surface area contributed by atoms with Crippen molar-refractivity contribution in [2.75, 3.05) is 0 Å². The summed E-state index contributed by atoms with van der Waals surface area (Å²) in [5, 5.41) is 11.2. The molecule has 10 heteroatoms. The SMILES string of the molecule is CC1(C)O[C@@H]2C[C@H]3[C@@H]4C[C@H](F)C5=CC(=O)C=C[C@]5(C)[C@@]4(F)[C@@H](O)C[C@]3(C)[C@]2(C(=O)SC2CCC(=O)O2)O1. The van der Waals surface area contributed by atoms with Crippen LogP contribution in [0.15, 0.2) is 23.8 Å². The first-order valence-electron chi connectivity index (χ1n) is 12.9. The largest absolute Gasteiger partial charge is 0.451 e. The smallest absolute Gasteiger partial charge is 0.307 e. The van der Waals surface area contributed by atoms with E-state index in [9.17, 15) is 19.5 Å². The lowest BCUT2D eigenvalue weighted by molar-refractivity contribution is -0.246. The van der Waals surface area contributed by atoms with Crippen LogP contribution in [0.4, 0.5) is 8.78 Å². The number of rotatable bonds is 2. The van der Waals surface area contributed by atoms with E-state index in [1.165, 1.54) is 12.2 Å². The van der Waals surface area contributed by atoms with Crippen LogP contribution in [-0.4, -0.2) is 62.8 Å². The summed E-state index contributed by atoms with van der Waals surface area (Å²) in [6, 6.07) is 0. The molecule has 6 rings (SSSR count). The van der Waals surface area contributed by atoms with E-state index >= 15 is 8.78 Å². The Morgan fingerprint density at radius 2 is 1.89 bits per heavy atom. The van der Waals surface area contributed by atoms with Crippen LogP contribution in [0.1, 0.15) is 59.8 Å². The predicted octanol–water partition coefficient (Wildman–Crippen LogP) is 3.73. The van der Waals surface area contributed by atoms with Gasteiger partial charge in [-0.15, -0.1) is 0 Å². The molecule has 2 heterocycles. The van der Waals surface area contributed by atoms with Crippen LogP contribution in [0.5, 0.6) is 0 Å². The number of esters is 1. The van der Waals surface area contributed by atoms with E-state index in [2.05, 4.69) is 0 Å². The molecule has 37 heavy (non-hydrogen) atoms. The summed E-state index contributed by atoms with van der Waals surface area (Å²) in [4.78, 5) is 37.8. The van der Waals surface area contributed by atoms with Crippen molar-refractivity contribution in [3.8, 4) is 0 Å². The topological polar surface area (TPSA) is 99.1 Å². The van der Waals surface area contributed by atoms with Gasteiger partial charge in [0.15, 0.2) is 28.3 Å². The van der Waals surface area contributed by atoms with Gasteiger partial charge in [0.25, 0.3) is 0 Å². The average Bonchev–Trinajstić information content (AvgIpc) is 3.41. The lowest BCUT2D eigenvalue weighted by Gasteiger charge is -2.63. The van der Waals surface area contributed by atoms with E-state index < -0.39 is 69.3 Å². The molecule has 10 atom stereocenters. The number of thioether (sulfide) groups is 1. The minimum Gasteiger partial charge on any atom is -0.451 e. The number of aliphatic hydroxyl groups is 1. The van der Waals surface area contributed by atoms with Crippen LogP contribution < -0.4 is 0 Å². The van der Waals surface area contributed by atoms with Crippen LogP contribution >= 0.6 is 11.8 Å². The minimum atomic E-state index is -2.25. The third-order valence-electron chi connectivity index (χ3n) is 10.0. The minimum absolute atomic E-state index is 0.0534. The summed E-state index contributed by atoms with van der Waals surface area (Å²) in [7, 11) is 0. The van der Waals surface area contributed by atoms with Gasteiger partial charge >= 0.3 is 5.97 Å². The van der Waals surface area contributed by atoms with Crippen LogP contribution in [0.2, 0.25) is 0 Å².